The first-order chi connectivity index (χ1) is 14.7. The molecule has 8 nitrogen and oxygen atoms in total. The summed E-state index contributed by atoms with van der Waals surface area (Å²) >= 11 is 0. The SMILES string of the molecule is CCNC(=NCc1cccc(NC(=O)C2CCC2)c1)NCc1nnc2ccccn12.I. The minimum absolute atomic E-state index is 0. The predicted octanol–water partition coefficient (Wildman–Crippen LogP) is 3.34. The van der Waals surface area contributed by atoms with E-state index in [9.17, 15) is 4.79 Å². The fraction of sp³-hybridized carbons (Fsp3) is 0.364. The normalized spacial score (nSPS) is 13.9. The molecule has 3 N–H and O–H groups in total. The van der Waals surface area contributed by atoms with E-state index in [4.69, 9.17) is 0 Å². The van der Waals surface area contributed by atoms with Gasteiger partial charge in [-0.1, -0.05) is 24.6 Å². The Labute approximate surface area is 199 Å². The summed E-state index contributed by atoms with van der Waals surface area (Å²) in [6.07, 6.45) is 5.08. The van der Waals surface area contributed by atoms with Crippen LogP contribution in [0.1, 0.15) is 37.6 Å². The molecular weight excluding hydrogens is 505 g/mol. The molecule has 1 aliphatic rings. The lowest BCUT2D eigenvalue weighted by atomic mass is 9.85. The molecular formula is C22H28IN7O. The van der Waals surface area contributed by atoms with E-state index in [1.807, 2.05) is 60.0 Å². The van der Waals surface area contributed by atoms with Gasteiger partial charge < -0.3 is 16.0 Å². The van der Waals surface area contributed by atoms with Crippen LogP contribution < -0.4 is 16.0 Å². The second-order valence-electron chi connectivity index (χ2n) is 7.41. The highest BCUT2D eigenvalue weighted by Crippen LogP contribution is 2.27. The van der Waals surface area contributed by atoms with Gasteiger partial charge in [-0.15, -0.1) is 34.2 Å². The van der Waals surface area contributed by atoms with Crippen molar-refractivity contribution in [2.24, 2.45) is 10.9 Å². The van der Waals surface area contributed by atoms with E-state index in [1.54, 1.807) is 0 Å². The number of pyridine rings is 1. The Balaban J connectivity index is 0.00000272. The first-order valence-electron chi connectivity index (χ1n) is 10.4. The number of hydrogen-bond acceptors (Lipinski definition) is 4. The third-order valence-electron chi connectivity index (χ3n) is 5.23. The maximum absolute atomic E-state index is 12.2. The summed E-state index contributed by atoms with van der Waals surface area (Å²) in [5.74, 6) is 1.81. The Morgan fingerprint density at radius 3 is 2.81 bits per heavy atom. The summed E-state index contributed by atoms with van der Waals surface area (Å²) in [4.78, 5) is 16.8. The van der Waals surface area contributed by atoms with Crippen LogP contribution in [0.2, 0.25) is 0 Å². The molecule has 1 amide bonds. The molecule has 1 aromatic carbocycles. The minimum atomic E-state index is 0. The van der Waals surface area contributed by atoms with Crippen molar-refractivity contribution in [3.8, 4) is 0 Å². The highest BCUT2D eigenvalue weighted by atomic mass is 127. The van der Waals surface area contributed by atoms with Crippen molar-refractivity contribution in [2.75, 3.05) is 11.9 Å². The highest BCUT2D eigenvalue weighted by molar-refractivity contribution is 14.0. The Kier molecular flexibility index (Phi) is 8.21. The zero-order chi connectivity index (χ0) is 20.8. The average Bonchev–Trinajstić information content (AvgIpc) is 3.12. The molecule has 164 valence electrons. The summed E-state index contributed by atoms with van der Waals surface area (Å²) in [6.45, 7) is 3.79. The quantitative estimate of drug-likeness (QED) is 0.246. The number of fused-ring (bicyclic) bond motifs is 1. The number of aromatic nitrogens is 3. The van der Waals surface area contributed by atoms with Gasteiger partial charge in [-0.25, -0.2) is 4.99 Å². The molecule has 0 saturated heterocycles. The zero-order valence-electron chi connectivity index (χ0n) is 17.5. The predicted molar refractivity (Wildman–Crippen MR) is 132 cm³/mol. The lowest BCUT2D eigenvalue weighted by Gasteiger charge is -2.24. The topological polar surface area (TPSA) is 95.7 Å². The summed E-state index contributed by atoms with van der Waals surface area (Å²) in [5.41, 5.74) is 2.68. The molecule has 1 aliphatic carbocycles. The molecule has 3 aromatic rings. The van der Waals surface area contributed by atoms with Crippen LogP contribution in [0.5, 0.6) is 0 Å². The second-order valence-corrected chi connectivity index (χ2v) is 7.41. The third-order valence-corrected chi connectivity index (χ3v) is 5.23. The number of anilines is 1. The third kappa shape index (κ3) is 5.93. The molecule has 31 heavy (non-hydrogen) atoms. The van der Waals surface area contributed by atoms with Crippen LogP contribution in [-0.4, -0.2) is 33.0 Å². The zero-order valence-corrected chi connectivity index (χ0v) is 19.9. The number of nitrogens with zero attached hydrogens (tertiary/aromatic N) is 4. The molecule has 0 unspecified atom stereocenters. The summed E-state index contributed by atoms with van der Waals surface area (Å²) in [6, 6.07) is 13.7. The van der Waals surface area contributed by atoms with Crippen molar-refractivity contribution in [3.05, 3.63) is 60.0 Å². The first-order valence-corrected chi connectivity index (χ1v) is 10.4. The van der Waals surface area contributed by atoms with Gasteiger partial charge in [0.25, 0.3) is 0 Å². The van der Waals surface area contributed by atoms with E-state index in [0.717, 1.165) is 48.5 Å². The van der Waals surface area contributed by atoms with Crippen molar-refractivity contribution in [3.63, 3.8) is 0 Å². The van der Waals surface area contributed by atoms with Crippen LogP contribution in [0.4, 0.5) is 5.69 Å². The van der Waals surface area contributed by atoms with Crippen molar-refractivity contribution >= 4 is 47.2 Å². The number of rotatable bonds is 7. The van der Waals surface area contributed by atoms with E-state index in [1.165, 1.54) is 0 Å². The number of benzene rings is 1. The lowest BCUT2D eigenvalue weighted by Crippen LogP contribution is -2.37. The van der Waals surface area contributed by atoms with Gasteiger partial charge in [0.15, 0.2) is 17.4 Å². The molecule has 0 atom stereocenters. The Morgan fingerprint density at radius 1 is 1.16 bits per heavy atom. The van der Waals surface area contributed by atoms with Gasteiger partial charge in [-0.2, -0.15) is 0 Å². The first kappa shape index (κ1) is 23.0. The standard InChI is InChI=1S/C22H27N7O.HI/c1-2-23-22(25-15-20-28-27-19-11-3-4-12-29(19)20)24-14-16-7-5-10-18(13-16)26-21(30)17-8-6-9-17;/h3-5,7,10-13,17H,2,6,8-9,14-15H2,1H3,(H,26,30)(H2,23,24,25);1H. The Bertz CT molecular complexity index is 1050. The lowest BCUT2D eigenvalue weighted by molar-refractivity contribution is -0.122. The van der Waals surface area contributed by atoms with Gasteiger partial charge >= 0.3 is 0 Å². The largest absolute Gasteiger partial charge is 0.357 e. The molecule has 4 rings (SSSR count). The number of nitrogens with one attached hydrogen (secondary N) is 3. The fourth-order valence-corrected chi connectivity index (χ4v) is 3.35. The van der Waals surface area contributed by atoms with E-state index >= 15 is 0 Å². The van der Waals surface area contributed by atoms with Crippen LogP contribution in [0.15, 0.2) is 53.7 Å². The number of aliphatic imine (C=N–C) groups is 1. The number of amides is 1. The second kappa shape index (κ2) is 11.1. The summed E-state index contributed by atoms with van der Waals surface area (Å²) in [5, 5.41) is 18.0. The van der Waals surface area contributed by atoms with E-state index in [-0.39, 0.29) is 35.8 Å². The monoisotopic (exact) mass is 533 g/mol. The van der Waals surface area contributed by atoms with Crippen LogP contribution in [0.3, 0.4) is 0 Å². The van der Waals surface area contributed by atoms with Gasteiger partial charge in [0.2, 0.25) is 5.91 Å². The van der Waals surface area contributed by atoms with Gasteiger partial charge in [-0.3, -0.25) is 9.20 Å². The van der Waals surface area contributed by atoms with Gasteiger partial charge in [0.1, 0.15) is 0 Å². The molecule has 1 fully saturated rings. The minimum Gasteiger partial charge on any atom is -0.357 e. The van der Waals surface area contributed by atoms with Crippen molar-refractivity contribution < 1.29 is 4.79 Å². The summed E-state index contributed by atoms with van der Waals surface area (Å²) in [7, 11) is 0. The van der Waals surface area contributed by atoms with Gasteiger partial charge in [0.05, 0.1) is 13.1 Å². The Hall–Kier alpha value is -2.69. The van der Waals surface area contributed by atoms with E-state index in [0.29, 0.717) is 19.0 Å². The van der Waals surface area contributed by atoms with Crippen LogP contribution in [0.25, 0.3) is 5.65 Å². The molecule has 0 bridgehead atoms. The molecule has 2 aromatic heterocycles. The Morgan fingerprint density at radius 2 is 2.03 bits per heavy atom. The maximum Gasteiger partial charge on any atom is 0.227 e. The summed E-state index contributed by atoms with van der Waals surface area (Å²) < 4.78 is 1.95. The van der Waals surface area contributed by atoms with E-state index in [2.05, 4.69) is 31.1 Å². The number of guanidine groups is 1. The van der Waals surface area contributed by atoms with Gasteiger partial charge in [-0.05, 0) is 49.6 Å². The van der Waals surface area contributed by atoms with Gasteiger partial charge in [0, 0.05) is 24.3 Å². The number of carbonyl (C=O) groups is 1. The van der Waals surface area contributed by atoms with Crippen molar-refractivity contribution in [1.82, 2.24) is 25.2 Å². The highest BCUT2D eigenvalue weighted by Gasteiger charge is 2.25. The molecule has 2 heterocycles. The van der Waals surface area contributed by atoms with E-state index < -0.39 is 0 Å². The number of hydrogen-bond donors (Lipinski definition) is 3. The average molecular weight is 533 g/mol. The van der Waals surface area contributed by atoms with Crippen molar-refractivity contribution in [2.45, 2.75) is 39.3 Å². The van der Waals surface area contributed by atoms with Crippen LogP contribution in [0, 0.1) is 5.92 Å². The molecule has 0 aliphatic heterocycles. The fourth-order valence-electron chi connectivity index (χ4n) is 3.35. The number of carbonyl (C=O) groups excluding carboxylic acids is 1. The van der Waals surface area contributed by atoms with Crippen LogP contribution in [-0.2, 0) is 17.9 Å². The number of halogens is 1. The molecule has 9 heteroatoms. The van der Waals surface area contributed by atoms with Crippen molar-refractivity contribution in [1.29, 1.82) is 0 Å². The maximum atomic E-state index is 12.2. The molecule has 0 spiro atoms. The molecule has 0 radical (unpaired) electrons. The smallest absolute Gasteiger partial charge is 0.227 e. The van der Waals surface area contributed by atoms with Crippen LogP contribution >= 0.6 is 24.0 Å². The molecule has 1 saturated carbocycles.